The average Bonchev–Trinajstić information content (AvgIpc) is 3.03. The van der Waals surface area contributed by atoms with Crippen molar-refractivity contribution in [2.24, 2.45) is 5.73 Å². The normalized spacial score (nSPS) is 21.3. The summed E-state index contributed by atoms with van der Waals surface area (Å²) in [5, 5.41) is 3.43. The number of likely N-dealkylation sites (N-methyl/N-ethyl adjacent to an activating group) is 1. The number of aromatic nitrogens is 1. The predicted molar refractivity (Wildman–Crippen MR) is 163 cm³/mol. The largest absolute Gasteiger partial charge is 0.376 e. The first-order valence-corrected chi connectivity index (χ1v) is 15.4. The molecule has 3 N–H and O–H groups in total. The second-order valence-electron chi connectivity index (χ2n) is 11.9. The fraction of sp³-hybridized carbons (Fsp3) is 0.471. The van der Waals surface area contributed by atoms with Gasteiger partial charge in [-0.15, -0.1) is 0 Å². The third-order valence-electron chi connectivity index (χ3n) is 8.41. The number of nitrogens with two attached hydrogens (primary N) is 1. The Morgan fingerprint density at radius 3 is 2.24 bits per heavy atom. The van der Waals surface area contributed by atoms with E-state index in [0.29, 0.717) is 74.6 Å². The molecule has 8 nitrogen and oxygen atoms in total. The van der Waals surface area contributed by atoms with Gasteiger partial charge in [0.1, 0.15) is 17.5 Å². The quantitative estimate of drug-likeness (QED) is 0.298. The molecule has 3 heterocycles. The van der Waals surface area contributed by atoms with E-state index in [9.17, 15) is 13.6 Å². The molecule has 2 aliphatic rings. The minimum Gasteiger partial charge on any atom is -0.376 e. The van der Waals surface area contributed by atoms with Crippen LogP contribution < -0.4 is 11.1 Å². The molecular formula is C34H41F3N4O4. The number of hydrogen-bond acceptors (Lipinski definition) is 8. The van der Waals surface area contributed by atoms with Crippen LogP contribution in [0.15, 0.2) is 60.9 Å². The standard InChI is InChI=1S/C34H41F3N4O4/c1-41(20-29-21-43-12-13-44-29)19-28-17-40-16-27(45-28)10-11-30-24(15-39-18-31(30)37)14-32(42)34(38)33(22-2-6-25(35)7-3-22)23-4-8-26(36)9-5-23/h2-9,15,18,27-29,33-34,40H,10-14,16-17,19-21,38H2,1H3/t27-,28+,29?,34-/m1/s1. The maximum Gasteiger partial charge on any atom is 0.154 e. The molecule has 11 heteroatoms. The summed E-state index contributed by atoms with van der Waals surface area (Å²) < 4.78 is 60.1. The summed E-state index contributed by atoms with van der Waals surface area (Å²) in [7, 11) is 2.03. The van der Waals surface area contributed by atoms with Crippen LogP contribution in [-0.4, -0.2) is 93.1 Å². The van der Waals surface area contributed by atoms with Gasteiger partial charge in [-0.1, -0.05) is 24.3 Å². The molecule has 5 rings (SSSR count). The van der Waals surface area contributed by atoms with Crippen molar-refractivity contribution >= 4 is 5.78 Å². The molecule has 2 saturated heterocycles. The highest BCUT2D eigenvalue weighted by molar-refractivity contribution is 5.87. The third kappa shape index (κ3) is 9.18. The zero-order valence-electron chi connectivity index (χ0n) is 25.5. The first-order chi connectivity index (χ1) is 21.8. The van der Waals surface area contributed by atoms with E-state index >= 15 is 4.39 Å². The van der Waals surface area contributed by atoms with Gasteiger partial charge in [-0.05, 0) is 66.4 Å². The summed E-state index contributed by atoms with van der Waals surface area (Å²) in [6, 6.07) is 10.4. The van der Waals surface area contributed by atoms with E-state index in [2.05, 4.69) is 15.2 Å². The Labute approximate surface area is 262 Å². The van der Waals surface area contributed by atoms with E-state index in [1.807, 2.05) is 7.05 Å². The number of carbonyl (C=O) groups is 1. The van der Waals surface area contributed by atoms with Crippen molar-refractivity contribution in [1.29, 1.82) is 0 Å². The Morgan fingerprint density at radius 1 is 0.956 bits per heavy atom. The smallest absolute Gasteiger partial charge is 0.154 e. The Morgan fingerprint density at radius 2 is 1.60 bits per heavy atom. The lowest BCUT2D eigenvalue weighted by Crippen LogP contribution is -2.50. The molecule has 4 atom stereocenters. The minimum absolute atomic E-state index is 0.0329. The SMILES string of the molecule is CN(CC1COCCO1)C[C@@H]1CNC[C@@H](CCc2c(F)cncc2CC(=O)[C@@H](N)C(c2ccc(F)cc2)c2ccc(F)cc2)O1. The molecule has 0 saturated carbocycles. The summed E-state index contributed by atoms with van der Waals surface area (Å²) >= 11 is 0. The number of rotatable bonds is 13. The number of ketones is 1. The number of halogens is 3. The summed E-state index contributed by atoms with van der Waals surface area (Å²) in [6.07, 6.45) is 3.30. The first-order valence-electron chi connectivity index (χ1n) is 15.4. The number of benzene rings is 2. The van der Waals surface area contributed by atoms with Gasteiger partial charge in [0.25, 0.3) is 0 Å². The predicted octanol–water partition coefficient (Wildman–Crippen LogP) is 3.41. The molecule has 2 fully saturated rings. The molecule has 3 aromatic rings. The molecule has 0 amide bonds. The van der Waals surface area contributed by atoms with Gasteiger partial charge in [-0.2, -0.15) is 0 Å². The fourth-order valence-electron chi connectivity index (χ4n) is 6.14. The molecular weight excluding hydrogens is 585 g/mol. The number of ether oxygens (including phenoxy) is 3. The molecule has 0 aliphatic carbocycles. The van der Waals surface area contributed by atoms with E-state index in [4.69, 9.17) is 19.9 Å². The van der Waals surface area contributed by atoms with E-state index < -0.39 is 29.4 Å². The second kappa shape index (κ2) is 15.9. The molecule has 2 aliphatic heterocycles. The molecule has 242 valence electrons. The van der Waals surface area contributed by atoms with E-state index in [1.54, 1.807) is 24.3 Å². The highest BCUT2D eigenvalue weighted by atomic mass is 19.1. The number of nitrogens with one attached hydrogen (secondary N) is 1. The van der Waals surface area contributed by atoms with Crippen LogP contribution in [0.2, 0.25) is 0 Å². The van der Waals surface area contributed by atoms with Crippen LogP contribution in [-0.2, 0) is 31.8 Å². The molecule has 0 bridgehead atoms. The molecule has 0 spiro atoms. The lowest BCUT2D eigenvalue weighted by molar-refractivity contribution is -0.119. The third-order valence-corrected chi connectivity index (χ3v) is 8.41. The van der Waals surface area contributed by atoms with Crippen LogP contribution in [0.4, 0.5) is 13.2 Å². The topological polar surface area (TPSA) is 98.9 Å². The monoisotopic (exact) mass is 626 g/mol. The van der Waals surface area contributed by atoms with Crippen molar-refractivity contribution in [3.63, 3.8) is 0 Å². The van der Waals surface area contributed by atoms with Crippen molar-refractivity contribution in [3.05, 3.63) is 101 Å². The summed E-state index contributed by atoms with van der Waals surface area (Å²) in [6.45, 7) is 4.64. The van der Waals surface area contributed by atoms with Crippen LogP contribution in [0.5, 0.6) is 0 Å². The highest BCUT2D eigenvalue weighted by Gasteiger charge is 2.30. The number of pyridine rings is 1. The van der Waals surface area contributed by atoms with E-state index in [-0.39, 0.29) is 30.5 Å². The number of Topliss-reactive ketones (excluding diaryl/α,β-unsaturated/α-hetero) is 1. The molecule has 2 aromatic carbocycles. The molecule has 45 heavy (non-hydrogen) atoms. The summed E-state index contributed by atoms with van der Waals surface area (Å²) in [4.78, 5) is 19.8. The maximum atomic E-state index is 15.1. The average molecular weight is 627 g/mol. The van der Waals surface area contributed by atoms with Gasteiger partial charge in [0.2, 0.25) is 0 Å². The van der Waals surface area contributed by atoms with E-state index in [1.165, 1.54) is 30.5 Å². The lowest BCUT2D eigenvalue weighted by Gasteiger charge is -2.35. The highest BCUT2D eigenvalue weighted by Crippen LogP contribution is 2.29. The van der Waals surface area contributed by atoms with E-state index in [0.717, 1.165) is 12.7 Å². The zero-order valence-corrected chi connectivity index (χ0v) is 25.5. The van der Waals surface area contributed by atoms with Crippen LogP contribution in [0, 0.1) is 17.5 Å². The molecule has 1 unspecified atom stereocenters. The van der Waals surface area contributed by atoms with Gasteiger partial charge in [-0.25, -0.2) is 13.2 Å². The molecule has 0 radical (unpaired) electrons. The Kier molecular flexibility index (Phi) is 11.7. The lowest BCUT2D eigenvalue weighted by atomic mass is 9.82. The van der Waals surface area contributed by atoms with Crippen LogP contribution in [0.3, 0.4) is 0 Å². The summed E-state index contributed by atoms with van der Waals surface area (Å²) in [5.41, 5.74) is 8.64. The Hall–Kier alpha value is -3.19. The van der Waals surface area contributed by atoms with Gasteiger partial charge >= 0.3 is 0 Å². The number of hydrogen-bond donors (Lipinski definition) is 2. The van der Waals surface area contributed by atoms with Crippen LogP contribution in [0.1, 0.15) is 34.6 Å². The number of nitrogens with zero attached hydrogens (tertiary/aromatic N) is 2. The van der Waals surface area contributed by atoms with Crippen molar-refractivity contribution in [1.82, 2.24) is 15.2 Å². The van der Waals surface area contributed by atoms with Gasteiger partial charge in [0, 0.05) is 44.7 Å². The van der Waals surface area contributed by atoms with Crippen LogP contribution >= 0.6 is 0 Å². The van der Waals surface area contributed by atoms with Crippen molar-refractivity contribution in [3.8, 4) is 0 Å². The number of carbonyl (C=O) groups excluding carboxylic acids is 1. The number of morpholine rings is 1. The van der Waals surface area contributed by atoms with Gasteiger partial charge in [0.15, 0.2) is 5.78 Å². The van der Waals surface area contributed by atoms with Crippen LogP contribution in [0.25, 0.3) is 0 Å². The fourth-order valence-corrected chi connectivity index (χ4v) is 6.14. The van der Waals surface area contributed by atoms with Crippen molar-refractivity contribution in [2.75, 3.05) is 53.0 Å². The molecule has 1 aromatic heterocycles. The maximum absolute atomic E-state index is 15.1. The van der Waals surface area contributed by atoms with Gasteiger partial charge in [-0.3, -0.25) is 9.78 Å². The Balaban J connectivity index is 1.22. The zero-order chi connectivity index (χ0) is 31.8. The first kappa shape index (κ1) is 33.2. The van der Waals surface area contributed by atoms with Gasteiger partial charge < -0.3 is 30.2 Å². The second-order valence-corrected chi connectivity index (χ2v) is 11.9. The Bertz CT molecular complexity index is 1340. The summed E-state index contributed by atoms with van der Waals surface area (Å²) in [5.74, 6) is -2.33. The minimum atomic E-state index is -1.05. The van der Waals surface area contributed by atoms with Gasteiger partial charge in [0.05, 0.1) is 50.4 Å². The van der Waals surface area contributed by atoms with Crippen molar-refractivity contribution in [2.45, 2.75) is 49.5 Å². The van der Waals surface area contributed by atoms with Crippen molar-refractivity contribution < 1.29 is 32.2 Å².